The number of fused-ring (bicyclic) bond motifs is 1. The van der Waals surface area contributed by atoms with Crippen LogP contribution in [0.5, 0.6) is 0 Å². The van der Waals surface area contributed by atoms with Crippen molar-refractivity contribution in [3.05, 3.63) is 65.2 Å². The Bertz CT molecular complexity index is 649. The SMILES string of the molecule is Cc1ccc(NC(=O)C2c3ccccc3CCN2C)cc1. The maximum absolute atomic E-state index is 12.7. The van der Waals surface area contributed by atoms with Crippen LogP contribution in [0.25, 0.3) is 0 Å². The van der Waals surface area contributed by atoms with E-state index in [9.17, 15) is 4.79 Å². The van der Waals surface area contributed by atoms with Crippen molar-refractivity contribution < 1.29 is 4.79 Å². The van der Waals surface area contributed by atoms with E-state index in [0.717, 1.165) is 24.2 Å². The Morgan fingerprint density at radius 1 is 1.14 bits per heavy atom. The van der Waals surface area contributed by atoms with E-state index in [0.29, 0.717) is 0 Å². The molecule has 0 aliphatic carbocycles. The predicted octanol–water partition coefficient (Wildman–Crippen LogP) is 3.16. The van der Waals surface area contributed by atoms with E-state index < -0.39 is 0 Å². The Labute approximate surface area is 125 Å². The first-order valence-corrected chi connectivity index (χ1v) is 7.31. The summed E-state index contributed by atoms with van der Waals surface area (Å²) in [5.74, 6) is 0.0357. The summed E-state index contributed by atoms with van der Waals surface area (Å²) in [5.41, 5.74) is 4.44. The van der Waals surface area contributed by atoms with Crippen LogP contribution >= 0.6 is 0 Å². The summed E-state index contributed by atoms with van der Waals surface area (Å²) in [6.07, 6.45) is 1.00. The van der Waals surface area contributed by atoms with Crippen LogP contribution in [0.15, 0.2) is 48.5 Å². The number of aryl methyl sites for hydroxylation is 1. The Morgan fingerprint density at radius 3 is 2.62 bits per heavy atom. The molecule has 3 heteroatoms. The molecule has 1 atom stereocenters. The fraction of sp³-hybridized carbons (Fsp3) is 0.278. The van der Waals surface area contributed by atoms with Crippen molar-refractivity contribution >= 4 is 11.6 Å². The predicted molar refractivity (Wildman–Crippen MR) is 85.3 cm³/mol. The first kappa shape index (κ1) is 13.8. The maximum Gasteiger partial charge on any atom is 0.246 e. The van der Waals surface area contributed by atoms with E-state index >= 15 is 0 Å². The number of likely N-dealkylation sites (N-methyl/N-ethyl adjacent to an activating group) is 1. The summed E-state index contributed by atoms with van der Waals surface area (Å²) in [4.78, 5) is 14.8. The number of nitrogens with one attached hydrogen (secondary N) is 1. The second-order valence-corrected chi connectivity index (χ2v) is 5.69. The van der Waals surface area contributed by atoms with Gasteiger partial charge in [-0.15, -0.1) is 0 Å². The van der Waals surface area contributed by atoms with Crippen LogP contribution in [-0.4, -0.2) is 24.4 Å². The van der Waals surface area contributed by atoms with Gasteiger partial charge in [0.2, 0.25) is 5.91 Å². The molecule has 1 heterocycles. The third kappa shape index (κ3) is 2.83. The molecule has 1 unspecified atom stereocenters. The van der Waals surface area contributed by atoms with Crippen LogP contribution in [0.1, 0.15) is 22.7 Å². The van der Waals surface area contributed by atoms with E-state index in [2.05, 4.69) is 22.3 Å². The number of hydrogen-bond acceptors (Lipinski definition) is 2. The normalized spacial score (nSPS) is 18.1. The van der Waals surface area contributed by atoms with Gasteiger partial charge in [-0.2, -0.15) is 0 Å². The summed E-state index contributed by atoms with van der Waals surface area (Å²) in [7, 11) is 2.01. The lowest BCUT2D eigenvalue weighted by molar-refractivity contribution is -0.121. The van der Waals surface area contributed by atoms with Gasteiger partial charge in [-0.05, 0) is 43.7 Å². The van der Waals surface area contributed by atoms with Gasteiger partial charge in [0.25, 0.3) is 0 Å². The molecule has 1 amide bonds. The number of anilines is 1. The van der Waals surface area contributed by atoms with Gasteiger partial charge in [-0.3, -0.25) is 9.69 Å². The third-order valence-electron chi connectivity index (χ3n) is 4.09. The maximum atomic E-state index is 12.7. The lowest BCUT2D eigenvalue weighted by Gasteiger charge is -2.33. The molecule has 0 aromatic heterocycles. The van der Waals surface area contributed by atoms with Crippen LogP contribution in [0.4, 0.5) is 5.69 Å². The first-order chi connectivity index (χ1) is 10.1. The summed E-state index contributed by atoms with van der Waals surface area (Å²) < 4.78 is 0. The number of amides is 1. The summed E-state index contributed by atoms with van der Waals surface area (Å²) >= 11 is 0. The summed E-state index contributed by atoms with van der Waals surface area (Å²) in [5, 5.41) is 3.03. The minimum absolute atomic E-state index is 0.0357. The average molecular weight is 280 g/mol. The number of hydrogen-bond donors (Lipinski definition) is 1. The van der Waals surface area contributed by atoms with Crippen molar-refractivity contribution in [2.45, 2.75) is 19.4 Å². The molecule has 0 bridgehead atoms. The zero-order valence-electron chi connectivity index (χ0n) is 12.5. The van der Waals surface area contributed by atoms with E-state index in [1.165, 1.54) is 11.1 Å². The molecule has 0 spiro atoms. The van der Waals surface area contributed by atoms with E-state index in [-0.39, 0.29) is 11.9 Å². The number of carbonyl (C=O) groups is 1. The van der Waals surface area contributed by atoms with Gasteiger partial charge < -0.3 is 5.32 Å². The zero-order chi connectivity index (χ0) is 14.8. The van der Waals surface area contributed by atoms with Gasteiger partial charge in [-0.25, -0.2) is 0 Å². The lowest BCUT2D eigenvalue weighted by Crippen LogP contribution is -2.39. The van der Waals surface area contributed by atoms with Crippen LogP contribution < -0.4 is 5.32 Å². The van der Waals surface area contributed by atoms with Gasteiger partial charge in [0, 0.05) is 12.2 Å². The van der Waals surface area contributed by atoms with E-state index in [4.69, 9.17) is 0 Å². The third-order valence-corrected chi connectivity index (χ3v) is 4.09. The smallest absolute Gasteiger partial charge is 0.246 e. The Hall–Kier alpha value is -2.13. The highest BCUT2D eigenvalue weighted by atomic mass is 16.2. The molecule has 3 rings (SSSR count). The van der Waals surface area contributed by atoms with Crippen molar-refractivity contribution in [2.24, 2.45) is 0 Å². The molecule has 2 aromatic carbocycles. The van der Waals surface area contributed by atoms with Crippen LogP contribution in [0.3, 0.4) is 0 Å². The Balaban J connectivity index is 1.85. The fourth-order valence-corrected chi connectivity index (χ4v) is 2.88. The van der Waals surface area contributed by atoms with Gasteiger partial charge in [-0.1, -0.05) is 42.0 Å². The molecule has 0 saturated heterocycles. The molecular weight excluding hydrogens is 260 g/mol. The molecule has 21 heavy (non-hydrogen) atoms. The molecular formula is C18H20N2O. The summed E-state index contributed by atoms with van der Waals surface area (Å²) in [6.45, 7) is 2.94. The molecule has 0 radical (unpaired) electrons. The van der Waals surface area contributed by atoms with Gasteiger partial charge in [0.1, 0.15) is 6.04 Å². The first-order valence-electron chi connectivity index (χ1n) is 7.31. The summed E-state index contributed by atoms with van der Waals surface area (Å²) in [6, 6.07) is 15.9. The minimum atomic E-state index is -0.212. The largest absolute Gasteiger partial charge is 0.324 e. The van der Waals surface area contributed by atoms with Crippen LogP contribution in [-0.2, 0) is 11.2 Å². The highest BCUT2D eigenvalue weighted by Gasteiger charge is 2.30. The van der Waals surface area contributed by atoms with Gasteiger partial charge in [0.05, 0.1) is 0 Å². The number of nitrogens with zero attached hydrogens (tertiary/aromatic N) is 1. The van der Waals surface area contributed by atoms with E-state index in [1.807, 2.05) is 50.4 Å². The molecule has 0 fully saturated rings. The van der Waals surface area contributed by atoms with Crippen LogP contribution in [0.2, 0.25) is 0 Å². The Kier molecular flexibility index (Phi) is 3.76. The second-order valence-electron chi connectivity index (χ2n) is 5.69. The van der Waals surface area contributed by atoms with Crippen LogP contribution in [0, 0.1) is 6.92 Å². The number of benzene rings is 2. The van der Waals surface area contributed by atoms with Crippen molar-refractivity contribution in [1.82, 2.24) is 4.90 Å². The standard InChI is InChI=1S/C18H20N2O/c1-13-7-9-15(10-8-13)19-18(21)17-16-6-4-3-5-14(16)11-12-20(17)2/h3-10,17H,11-12H2,1-2H3,(H,19,21). The quantitative estimate of drug-likeness (QED) is 0.916. The zero-order valence-corrected chi connectivity index (χ0v) is 12.5. The molecule has 1 aliphatic heterocycles. The lowest BCUT2D eigenvalue weighted by atomic mass is 9.92. The Morgan fingerprint density at radius 2 is 1.86 bits per heavy atom. The van der Waals surface area contributed by atoms with Crippen molar-refractivity contribution in [2.75, 3.05) is 18.9 Å². The van der Waals surface area contributed by atoms with Crippen molar-refractivity contribution in [3.8, 4) is 0 Å². The number of rotatable bonds is 2. The minimum Gasteiger partial charge on any atom is -0.324 e. The molecule has 108 valence electrons. The van der Waals surface area contributed by atoms with Gasteiger partial charge >= 0.3 is 0 Å². The highest BCUT2D eigenvalue weighted by Crippen LogP contribution is 2.29. The molecule has 1 N–H and O–H groups in total. The topological polar surface area (TPSA) is 32.3 Å². The van der Waals surface area contributed by atoms with Crippen molar-refractivity contribution in [1.29, 1.82) is 0 Å². The van der Waals surface area contributed by atoms with Gasteiger partial charge in [0.15, 0.2) is 0 Å². The van der Waals surface area contributed by atoms with E-state index in [1.54, 1.807) is 0 Å². The molecule has 3 nitrogen and oxygen atoms in total. The highest BCUT2D eigenvalue weighted by molar-refractivity contribution is 5.95. The second kappa shape index (κ2) is 5.70. The number of carbonyl (C=O) groups excluding carboxylic acids is 1. The average Bonchev–Trinajstić information content (AvgIpc) is 2.49. The monoisotopic (exact) mass is 280 g/mol. The fourth-order valence-electron chi connectivity index (χ4n) is 2.88. The molecule has 2 aromatic rings. The van der Waals surface area contributed by atoms with Crippen molar-refractivity contribution in [3.63, 3.8) is 0 Å². The molecule has 1 aliphatic rings. The molecule has 0 saturated carbocycles.